The number of nitro groups is 1. The molecular formula is C13H15N3O4S2. The van der Waals surface area contributed by atoms with Gasteiger partial charge in [-0.15, -0.1) is 11.3 Å². The normalized spacial score (nSPS) is 12.8. The molecule has 1 heterocycles. The zero-order chi connectivity index (χ0) is 16.3. The van der Waals surface area contributed by atoms with Crippen LogP contribution < -0.4 is 10.5 Å². The van der Waals surface area contributed by atoms with Crippen molar-refractivity contribution in [2.24, 2.45) is 5.14 Å². The summed E-state index contributed by atoms with van der Waals surface area (Å²) in [6.45, 7) is 2.41. The van der Waals surface area contributed by atoms with Gasteiger partial charge in [-0.25, -0.2) is 13.6 Å². The molecule has 0 spiro atoms. The van der Waals surface area contributed by atoms with E-state index in [1.54, 1.807) is 11.3 Å². The minimum atomic E-state index is -3.96. The van der Waals surface area contributed by atoms with Gasteiger partial charge >= 0.3 is 0 Å². The van der Waals surface area contributed by atoms with Gasteiger partial charge in [0.05, 0.1) is 10.6 Å². The van der Waals surface area contributed by atoms with Crippen LogP contribution in [0.2, 0.25) is 0 Å². The van der Waals surface area contributed by atoms with Crippen molar-refractivity contribution in [2.45, 2.75) is 17.7 Å². The van der Waals surface area contributed by atoms with Crippen LogP contribution in [0.5, 0.6) is 0 Å². The number of hydrogen-bond donors (Lipinski definition) is 2. The second-order valence-electron chi connectivity index (χ2n) is 4.78. The average molecular weight is 341 g/mol. The first-order valence-corrected chi connectivity index (χ1v) is 8.80. The minimum absolute atomic E-state index is 0.132. The van der Waals surface area contributed by atoms with Crippen molar-refractivity contribution in [1.29, 1.82) is 0 Å². The summed E-state index contributed by atoms with van der Waals surface area (Å²) in [6.07, 6.45) is 0. The third kappa shape index (κ3) is 3.81. The van der Waals surface area contributed by atoms with E-state index in [-0.39, 0.29) is 22.2 Å². The molecule has 0 aliphatic rings. The summed E-state index contributed by atoms with van der Waals surface area (Å²) in [5.41, 5.74) is -0.0567. The molecule has 7 nitrogen and oxygen atoms in total. The third-order valence-electron chi connectivity index (χ3n) is 3.11. The van der Waals surface area contributed by atoms with Gasteiger partial charge in [0.15, 0.2) is 0 Å². The minimum Gasteiger partial charge on any atom is -0.383 e. The molecule has 0 aliphatic heterocycles. The highest BCUT2D eigenvalue weighted by atomic mass is 32.2. The van der Waals surface area contributed by atoms with E-state index in [1.165, 1.54) is 6.07 Å². The summed E-state index contributed by atoms with van der Waals surface area (Å²) in [7, 11) is -3.96. The van der Waals surface area contributed by atoms with Crippen molar-refractivity contribution in [1.82, 2.24) is 0 Å². The lowest BCUT2D eigenvalue weighted by Crippen LogP contribution is -2.17. The highest BCUT2D eigenvalue weighted by molar-refractivity contribution is 7.89. The van der Waals surface area contributed by atoms with E-state index in [0.717, 1.165) is 17.0 Å². The second kappa shape index (κ2) is 6.42. The molecule has 0 saturated heterocycles. The van der Waals surface area contributed by atoms with Crippen molar-refractivity contribution in [2.75, 3.05) is 11.9 Å². The molecule has 0 amide bonds. The monoisotopic (exact) mass is 341 g/mol. The molecule has 1 atom stereocenters. The zero-order valence-corrected chi connectivity index (χ0v) is 13.4. The maximum Gasteiger partial charge on any atom is 0.271 e. The van der Waals surface area contributed by atoms with Gasteiger partial charge in [0, 0.05) is 29.5 Å². The van der Waals surface area contributed by atoms with Gasteiger partial charge in [-0.3, -0.25) is 10.1 Å². The Morgan fingerprint density at radius 1 is 1.41 bits per heavy atom. The summed E-state index contributed by atoms with van der Waals surface area (Å²) < 4.78 is 23.2. The number of benzene rings is 1. The molecule has 0 fully saturated rings. The molecule has 9 heteroatoms. The van der Waals surface area contributed by atoms with Gasteiger partial charge in [-0.05, 0) is 17.5 Å². The first-order chi connectivity index (χ1) is 10.3. The van der Waals surface area contributed by atoms with Gasteiger partial charge in [0.25, 0.3) is 5.69 Å². The highest BCUT2D eigenvalue weighted by Gasteiger charge is 2.18. The highest BCUT2D eigenvalue weighted by Crippen LogP contribution is 2.27. The number of rotatable bonds is 6. The van der Waals surface area contributed by atoms with Crippen LogP contribution in [0.15, 0.2) is 40.6 Å². The van der Waals surface area contributed by atoms with E-state index in [2.05, 4.69) is 5.32 Å². The molecule has 1 aromatic heterocycles. The smallest absolute Gasteiger partial charge is 0.271 e. The molecule has 0 aliphatic carbocycles. The van der Waals surface area contributed by atoms with E-state index in [9.17, 15) is 18.5 Å². The summed E-state index contributed by atoms with van der Waals surface area (Å²) in [6, 6.07) is 7.35. The number of nitro benzene ring substituents is 1. The van der Waals surface area contributed by atoms with Gasteiger partial charge in [-0.2, -0.15) is 0 Å². The Kier molecular flexibility index (Phi) is 4.79. The summed E-state index contributed by atoms with van der Waals surface area (Å²) in [5, 5.41) is 20.9. The molecule has 2 aromatic rings. The van der Waals surface area contributed by atoms with Crippen LogP contribution >= 0.6 is 11.3 Å². The Balaban J connectivity index is 2.27. The molecule has 118 valence electrons. The summed E-state index contributed by atoms with van der Waals surface area (Å²) in [5.74, 6) is 0.132. The summed E-state index contributed by atoms with van der Waals surface area (Å²) in [4.78, 5) is 11.2. The fourth-order valence-corrected chi connectivity index (χ4v) is 3.44. The number of non-ortho nitro benzene ring substituents is 1. The maximum absolute atomic E-state index is 11.6. The molecule has 0 bridgehead atoms. The number of nitrogens with two attached hydrogens (primary N) is 1. The molecule has 3 N–H and O–H groups in total. The Hall–Kier alpha value is -1.97. The zero-order valence-electron chi connectivity index (χ0n) is 11.7. The van der Waals surface area contributed by atoms with Gasteiger partial charge < -0.3 is 5.32 Å². The van der Waals surface area contributed by atoms with Crippen molar-refractivity contribution in [3.63, 3.8) is 0 Å². The quantitative estimate of drug-likeness (QED) is 0.619. The fraction of sp³-hybridized carbons (Fsp3) is 0.231. The van der Waals surface area contributed by atoms with Crippen molar-refractivity contribution in [3.05, 3.63) is 50.7 Å². The van der Waals surface area contributed by atoms with E-state index < -0.39 is 14.9 Å². The van der Waals surface area contributed by atoms with Crippen LogP contribution in [0.1, 0.15) is 17.7 Å². The number of nitrogens with one attached hydrogen (secondary N) is 1. The first-order valence-electron chi connectivity index (χ1n) is 6.37. The SMILES string of the molecule is C[C@H](CNc1cc([N+](=O)[O-])ccc1S(N)(=O)=O)c1cccs1. The van der Waals surface area contributed by atoms with Crippen LogP contribution in [0, 0.1) is 10.1 Å². The van der Waals surface area contributed by atoms with Crippen molar-refractivity contribution in [3.8, 4) is 0 Å². The van der Waals surface area contributed by atoms with Gasteiger partial charge in [-0.1, -0.05) is 13.0 Å². The number of anilines is 1. The number of hydrogen-bond acceptors (Lipinski definition) is 6. The lowest BCUT2D eigenvalue weighted by molar-refractivity contribution is -0.384. The largest absolute Gasteiger partial charge is 0.383 e. The van der Waals surface area contributed by atoms with Crippen LogP contribution in [0.25, 0.3) is 0 Å². The third-order valence-corrected chi connectivity index (χ3v) is 5.18. The number of primary sulfonamides is 1. The molecule has 2 rings (SSSR count). The Morgan fingerprint density at radius 2 is 2.14 bits per heavy atom. The topological polar surface area (TPSA) is 115 Å². The predicted octanol–water partition coefficient (Wildman–Crippen LogP) is 2.52. The van der Waals surface area contributed by atoms with Crippen molar-refractivity contribution >= 4 is 32.7 Å². The first kappa shape index (κ1) is 16.4. The fourth-order valence-electron chi connectivity index (χ4n) is 1.95. The van der Waals surface area contributed by atoms with Gasteiger partial charge in [0.2, 0.25) is 10.0 Å². The molecule has 0 saturated carbocycles. The van der Waals surface area contributed by atoms with E-state index in [4.69, 9.17) is 5.14 Å². The molecule has 1 aromatic carbocycles. The Morgan fingerprint density at radius 3 is 2.68 bits per heavy atom. The van der Waals surface area contributed by atoms with Crippen LogP contribution in [-0.2, 0) is 10.0 Å². The Labute approximate surface area is 132 Å². The molecular weight excluding hydrogens is 326 g/mol. The molecule has 0 unspecified atom stereocenters. The average Bonchev–Trinajstić information content (AvgIpc) is 2.97. The van der Waals surface area contributed by atoms with E-state index >= 15 is 0 Å². The second-order valence-corrected chi connectivity index (χ2v) is 7.29. The lowest BCUT2D eigenvalue weighted by atomic mass is 10.1. The predicted molar refractivity (Wildman–Crippen MR) is 85.7 cm³/mol. The van der Waals surface area contributed by atoms with Gasteiger partial charge in [0.1, 0.15) is 4.90 Å². The molecule has 22 heavy (non-hydrogen) atoms. The maximum atomic E-state index is 11.6. The van der Waals surface area contributed by atoms with E-state index in [0.29, 0.717) is 6.54 Å². The Bertz CT molecular complexity index is 773. The summed E-state index contributed by atoms with van der Waals surface area (Å²) >= 11 is 1.59. The number of nitrogens with zero attached hydrogens (tertiary/aromatic N) is 1. The van der Waals surface area contributed by atoms with Crippen molar-refractivity contribution < 1.29 is 13.3 Å². The van der Waals surface area contributed by atoms with E-state index in [1.807, 2.05) is 24.4 Å². The number of thiophene rings is 1. The van der Waals surface area contributed by atoms with Crippen LogP contribution in [0.3, 0.4) is 0 Å². The number of sulfonamides is 1. The molecule has 0 radical (unpaired) electrons. The van der Waals surface area contributed by atoms with Crippen LogP contribution in [0.4, 0.5) is 11.4 Å². The standard InChI is InChI=1S/C13H15N3O4S2/c1-9(12-3-2-6-21-12)8-15-11-7-10(16(17)18)4-5-13(11)22(14,19)20/h2-7,9,15H,8H2,1H3,(H2,14,19,20)/t9-/m1/s1. The van der Waals surface area contributed by atoms with Crippen LogP contribution in [-0.4, -0.2) is 19.9 Å². The lowest BCUT2D eigenvalue weighted by Gasteiger charge is -2.14.